The smallest absolute Gasteiger partial charge is 0.358 e. The fourth-order valence-electron chi connectivity index (χ4n) is 1.73. The number of benzene rings is 1. The van der Waals surface area contributed by atoms with E-state index in [1.54, 1.807) is 0 Å². The van der Waals surface area contributed by atoms with Gasteiger partial charge >= 0.3 is 5.97 Å². The van der Waals surface area contributed by atoms with E-state index in [4.69, 9.17) is 0 Å². The summed E-state index contributed by atoms with van der Waals surface area (Å²) in [6.45, 7) is 0. The number of hydrogen-bond donors (Lipinski definition) is 1. The summed E-state index contributed by atoms with van der Waals surface area (Å²) in [7, 11) is 1.25. The van der Waals surface area contributed by atoms with E-state index >= 15 is 0 Å². The molecule has 1 aliphatic rings. The van der Waals surface area contributed by atoms with E-state index in [2.05, 4.69) is 24.1 Å². The molecule has 2 aromatic rings. The van der Waals surface area contributed by atoms with Gasteiger partial charge in [0.1, 0.15) is 5.01 Å². The number of ether oxygens (including phenoxy) is 1. The average molecular weight is 334 g/mol. The summed E-state index contributed by atoms with van der Waals surface area (Å²) < 4.78 is 22.6. The Labute approximate surface area is 133 Å². The molecule has 0 spiro atoms. The van der Waals surface area contributed by atoms with Gasteiger partial charge in [0.2, 0.25) is 11.5 Å². The highest BCUT2D eigenvalue weighted by Crippen LogP contribution is 2.24. The Morgan fingerprint density at radius 1 is 1.27 bits per heavy atom. The number of esters is 1. The fraction of sp³-hybridized carbons (Fsp3) is 0.0769. The highest BCUT2D eigenvalue weighted by atomic mass is 32.2. The molecule has 0 fully saturated rings. The summed E-state index contributed by atoms with van der Waals surface area (Å²) in [5.41, 5.74) is 1.33. The Bertz CT molecular complexity index is 758. The lowest BCUT2D eigenvalue weighted by Crippen LogP contribution is -2.31. The SMILES string of the molecule is COC(=O)C1=CC(c2nnc(-c3ccccc3)s2)=N[S+]([O-])N1. The Hall–Kier alpha value is -2.23. The third kappa shape index (κ3) is 3.01. The molecular formula is C13H10N4O3S2. The minimum Gasteiger partial charge on any atom is -0.567 e. The first kappa shape index (κ1) is 14.7. The third-order valence-electron chi connectivity index (χ3n) is 2.73. The topological polar surface area (TPSA) is 99.5 Å². The van der Waals surface area contributed by atoms with Gasteiger partial charge in [0.05, 0.1) is 7.11 Å². The summed E-state index contributed by atoms with van der Waals surface area (Å²) in [4.78, 5) is 11.5. The van der Waals surface area contributed by atoms with Gasteiger partial charge < -0.3 is 9.29 Å². The Balaban J connectivity index is 1.92. The van der Waals surface area contributed by atoms with Crippen molar-refractivity contribution in [2.75, 3.05) is 7.11 Å². The molecular weight excluding hydrogens is 324 g/mol. The number of aromatic nitrogens is 2. The van der Waals surface area contributed by atoms with Gasteiger partial charge in [-0.15, -0.1) is 10.2 Å². The van der Waals surface area contributed by atoms with Crippen LogP contribution < -0.4 is 4.72 Å². The molecule has 1 aliphatic heterocycles. The van der Waals surface area contributed by atoms with Crippen LogP contribution in [0.4, 0.5) is 0 Å². The van der Waals surface area contributed by atoms with Crippen molar-refractivity contribution in [1.82, 2.24) is 14.9 Å². The van der Waals surface area contributed by atoms with Crippen LogP contribution in [-0.4, -0.2) is 33.5 Å². The van der Waals surface area contributed by atoms with Crippen molar-refractivity contribution in [1.29, 1.82) is 0 Å². The first-order valence-corrected chi connectivity index (χ1v) is 8.06. The van der Waals surface area contributed by atoms with E-state index in [0.717, 1.165) is 10.6 Å². The number of rotatable bonds is 3. The molecule has 0 saturated heterocycles. The zero-order valence-corrected chi connectivity index (χ0v) is 13.0. The maximum atomic E-state index is 11.7. The van der Waals surface area contributed by atoms with Gasteiger partial charge in [0.15, 0.2) is 16.4 Å². The van der Waals surface area contributed by atoms with Crippen LogP contribution >= 0.6 is 11.3 Å². The van der Waals surface area contributed by atoms with E-state index in [1.165, 1.54) is 24.5 Å². The van der Waals surface area contributed by atoms with Crippen LogP contribution in [0.15, 0.2) is 46.5 Å². The molecule has 0 radical (unpaired) electrons. The van der Waals surface area contributed by atoms with Crippen molar-refractivity contribution in [2.45, 2.75) is 0 Å². The lowest BCUT2D eigenvalue weighted by Gasteiger charge is -2.12. The summed E-state index contributed by atoms with van der Waals surface area (Å²) >= 11 is -0.447. The van der Waals surface area contributed by atoms with Gasteiger partial charge in [-0.1, -0.05) is 41.7 Å². The van der Waals surface area contributed by atoms with Crippen molar-refractivity contribution in [3.8, 4) is 10.6 Å². The quantitative estimate of drug-likeness (QED) is 0.669. The first-order chi connectivity index (χ1) is 10.7. The van der Waals surface area contributed by atoms with E-state index in [-0.39, 0.29) is 5.70 Å². The van der Waals surface area contributed by atoms with Crippen molar-refractivity contribution in [3.63, 3.8) is 0 Å². The standard InChI is InChI=1S/C13H10N4O3S2/c1-20-13(18)10-7-9(16-22(19)17-10)12-15-14-11(21-12)8-5-3-2-4-6-8/h2-7,17H,1H3. The van der Waals surface area contributed by atoms with Gasteiger partial charge in [-0.3, -0.25) is 0 Å². The molecule has 1 aromatic carbocycles. The van der Waals surface area contributed by atoms with Gasteiger partial charge in [-0.2, -0.15) is 4.72 Å². The fourth-order valence-corrected chi connectivity index (χ4v) is 3.30. The van der Waals surface area contributed by atoms with Crippen LogP contribution in [0, 0.1) is 0 Å². The molecule has 0 amide bonds. The van der Waals surface area contributed by atoms with Crippen molar-refractivity contribution < 1.29 is 14.1 Å². The third-order valence-corrected chi connectivity index (χ3v) is 4.48. The number of carbonyl (C=O) groups is 1. The highest BCUT2D eigenvalue weighted by Gasteiger charge is 2.26. The van der Waals surface area contributed by atoms with E-state index < -0.39 is 17.5 Å². The predicted octanol–water partition coefficient (Wildman–Crippen LogP) is 1.23. The van der Waals surface area contributed by atoms with Crippen LogP contribution in [0.2, 0.25) is 0 Å². The number of nitrogens with one attached hydrogen (secondary N) is 1. The van der Waals surface area contributed by atoms with Gasteiger partial charge in [0, 0.05) is 11.6 Å². The van der Waals surface area contributed by atoms with Gasteiger partial charge in [0.25, 0.3) is 0 Å². The van der Waals surface area contributed by atoms with Crippen LogP contribution in [0.3, 0.4) is 0 Å². The molecule has 3 rings (SSSR count). The summed E-state index contributed by atoms with van der Waals surface area (Å²) in [6.07, 6.45) is 1.45. The molecule has 1 aromatic heterocycles. The van der Waals surface area contributed by atoms with Crippen molar-refractivity contribution in [2.24, 2.45) is 4.40 Å². The Morgan fingerprint density at radius 3 is 2.73 bits per heavy atom. The number of nitrogens with zero attached hydrogens (tertiary/aromatic N) is 3. The molecule has 7 nitrogen and oxygen atoms in total. The van der Waals surface area contributed by atoms with Crippen LogP contribution in [0.1, 0.15) is 5.01 Å². The minimum atomic E-state index is -1.75. The summed E-state index contributed by atoms with van der Waals surface area (Å²) in [5.74, 6) is -0.617. The van der Waals surface area contributed by atoms with Crippen LogP contribution in [0.5, 0.6) is 0 Å². The highest BCUT2D eigenvalue weighted by molar-refractivity contribution is 7.88. The lowest BCUT2D eigenvalue weighted by atomic mass is 10.2. The van der Waals surface area contributed by atoms with Crippen LogP contribution in [-0.2, 0) is 21.1 Å². The number of carbonyl (C=O) groups excluding carboxylic acids is 1. The molecule has 1 N–H and O–H groups in total. The predicted molar refractivity (Wildman–Crippen MR) is 83.3 cm³/mol. The van der Waals surface area contributed by atoms with Crippen molar-refractivity contribution >= 4 is 34.6 Å². The maximum Gasteiger partial charge on any atom is 0.358 e. The number of hydrogen-bond acceptors (Lipinski definition) is 8. The normalized spacial score (nSPS) is 17.3. The summed E-state index contributed by atoms with van der Waals surface area (Å²) in [5, 5.41) is 9.35. The average Bonchev–Trinajstić information content (AvgIpc) is 3.04. The molecule has 112 valence electrons. The molecule has 1 unspecified atom stereocenters. The Morgan fingerprint density at radius 2 is 2.00 bits per heavy atom. The van der Waals surface area contributed by atoms with Crippen molar-refractivity contribution in [3.05, 3.63) is 47.1 Å². The monoisotopic (exact) mass is 334 g/mol. The van der Waals surface area contributed by atoms with Gasteiger partial charge in [-0.25, -0.2) is 4.79 Å². The zero-order valence-electron chi connectivity index (χ0n) is 11.3. The molecule has 22 heavy (non-hydrogen) atoms. The zero-order chi connectivity index (χ0) is 15.5. The molecule has 1 atom stereocenters. The second kappa shape index (κ2) is 6.26. The molecule has 0 saturated carbocycles. The molecule has 0 bridgehead atoms. The maximum absolute atomic E-state index is 11.7. The largest absolute Gasteiger partial charge is 0.567 e. The van der Waals surface area contributed by atoms with E-state index in [1.807, 2.05) is 30.3 Å². The lowest BCUT2D eigenvalue weighted by molar-refractivity contribution is -0.136. The number of allylic oxidation sites excluding steroid dienone is 1. The Kier molecular flexibility index (Phi) is 4.18. The molecule has 2 heterocycles. The first-order valence-electron chi connectivity index (χ1n) is 6.14. The second-order valence-corrected chi connectivity index (χ2v) is 6.02. The second-order valence-electron chi connectivity index (χ2n) is 4.16. The number of methoxy groups -OCH3 is 1. The van der Waals surface area contributed by atoms with Gasteiger partial charge in [-0.05, 0) is 4.40 Å². The minimum absolute atomic E-state index is 0.0716. The van der Waals surface area contributed by atoms with E-state index in [9.17, 15) is 9.35 Å². The molecule has 0 aliphatic carbocycles. The van der Waals surface area contributed by atoms with E-state index in [0.29, 0.717) is 10.7 Å². The summed E-state index contributed by atoms with van der Waals surface area (Å²) in [6, 6.07) is 9.56. The molecule has 9 heteroatoms. The van der Waals surface area contributed by atoms with Crippen LogP contribution in [0.25, 0.3) is 10.6 Å².